The summed E-state index contributed by atoms with van der Waals surface area (Å²) < 4.78 is 5.62. The molecule has 0 saturated carbocycles. The Kier molecular flexibility index (Phi) is 4.92. The molecule has 1 aromatic carbocycles. The molecule has 0 bridgehead atoms. The van der Waals surface area contributed by atoms with Crippen LogP contribution in [0.1, 0.15) is 11.1 Å². The summed E-state index contributed by atoms with van der Waals surface area (Å²) in [4.78, 5) is 26.3. The van der Waals surface area contributed by atoms with Crippen LogP contribution in [0.5, 0.6) is 0 Å². The average Bonchev–Trinajstić information content (AvgIpc) is 3.11. The number of carbonyl (C=O) groups is 2. The first-order valence-electron chi connectivity index (χ1n) is 7.02. The van der Waals surface area contributed by atoms with Gasteiger partial charge in [-0.15, -0.1) is 10.2 Å². The van der Waals surface area contributed by atoms with Crippen molar-refractivity contribution in [2.24, 2.45) is 0 Å². The average molecular weight is 349 g/mol. The number of esters is 1. The molecule has 2 heterocycles. The van der Waals surface area contributed by atoms with Crippen molar-refractivity contribution in [2.45, 2.75) is 23.3 Å². The monoisotopic (exact) mass is 349 g/mol. The predicted octanol–water partition coefficient (Wildman–Crippen LogP) is 1.76. The lowest BCUT2D eigenvalue weighted by atomic mass is 9.94. The van der Waals surface area contributed by atoms with Gasteiger partial charge >= 0.3 is 5.97 Å². The first kappa shape index (κ1) is 15.9. The summed E-state index contributed by atoms with van der Waals surface area (Å²) in [5.74, 6) is -0.255. The van der Waals surface area contributed by atoms with Crippen molar-refractivity contribution in [3.63, 3.8) is 0 Å². The van der Waals surface area contributed by atoms with Gasteiger partial charge in [-0.25, -0.2) is 4.79 Å². The molecule has 0 N–H and O–H groups in total. The minimum atomic E-state index is -0.572. The second-order valence-corrected chi connectivity index (χ2v) is 7.08. The summed E-state index contributed by atoms with van der Waals surface area (Å²) in [7, 11) is 1.35. The molecule has 2 aromatic rings. The second-order valence-electron chi connectivity index (χ2n) is 5.03. The van der Waals surface area contributed by atoms with Crippen LogP contribution in [-0.2, 0) is 27.3 Å². The molecule has 1 amide bonds. The van der Waals surface area contributed by atoms with Gasteiger partial charge in [0.15, 0.2) is 4.34 Å². The number of hydrogen-bond donors (Lipinski definition) is 0. The normalized spacial score (nSPS) is 16.7. The van der Waals surface area contributed by atoms with E-state index in [2.05, 4.69) is 10.2 Å². The van der Waals surface area contributed by atoms with E-state index in [0.29, 0.717) is 13.0 Å². The Morgan fingerprint density at radius 2 is 2.17 bits per heavy atom. The van der Waals surface area contributed by atoms with Gasteiger partial charge in [-0.2, -0.15) is 0 Å². The third-order valence-electron chi connectivity index (χ3n) is 3.70. The van der Waals surface area contributed by atoms with Crippen LogP contribution in [-0.4, -0.2) is 45.9 Å². The van der Waals surface area contributed by atoms with Crippen molar-refractivity contribution in [3.8, 4) is 0 Å². The fourth-order valence-corrected chi connectivity index (χ4v) is 3.94. The number of amides is 1. The zero-order chi connectivity index (χ0) is 16.2. The molecule has 0 unspecified atom stereocenters. The van der Waals surface area contributed by atoms with Gasteiger partial charge in [0, 0.05) is 13.0 Å². The first-order chi connectivity index (χ1) is 11.2. The smallest absolute Gasteiger partial charge is 0.328 e. The molecular weight excluding hydrogens is 334 g/mol. The summed E-state index contributed by atoms with van der Waals surface area (Å²) in [5, 5.41) is 7.66. The van der Waals surface area contributed by atoms with Crippen molar-refractivity contribution < 1.29 is 14.3 Å². The molecule has 23 heavy (non-hydrogen) atoms. The van der Waals surface area contributed by atoms with Crippen LogP contribution in [0.25, 0.3) is 0 Å². The van der Waals surface area contributed by atoms with E-state index in [4.69, 9.17) is 4.74 Å². The summed E-state index contributed by atoms with van der Waals surface area (Å²) in [6.45, 7) is 0.422. The van der Waals surface area contributed by atoms with E-state index in [-0.39, 0.29) is 17.6 Å². The number of rotatable bonds is 4. The van der Waals surface area contributed by atoms with Gasteiger partial charge in [0.05, 0.1) is 12.9 Å². The van der Waals surface area contributed by atoms with Crippen LogP contribution in [0.4, 0.5) is 0 Å². The van der Waals surface area contributed by atoms with Crippen LogP contribution in [0.3, 0.4) is 0 Å². The van der Waals surface area contributed by atoms with E-state index in [1.807, 2.05) is 24.3 Å². The van der Waals surface area contributed by atoms with E-state index in [1.165, 1.54) is 30.2 Å². The Morgan fingerprint density at radius 3 is 2.87 bits per heavy atom. The number of aromatic nitrogens is 2. The number of ether oxygens (including phenoxy) is 1. The number of fused-ring (bicyclic) bond motifs is 1. The molecule has 120 valence electrons. The fourth-order valence-electron chi connectivity index (χ4n) is 2.56. The van der Waals surface area contributed by atoms with Crippen LogP contribution < -0.4 is 0 Å². The zero-order valence-corrected chi connectivity index (χ0v) is 14.1. The Hall–Kier alpha value is -1.93. The summed E-state index contributed by atoms with van der Waals surface area (Å²) >= 11 is 2.72. The van der Waals surface area contributed by atoms with Gasteiger partial charge in [0.25, 0.3) is 0 Å². The van der Waals surface area contributed by atoms with E-state index in [1.54, 1.807) is 10.4 Å². The molecule has 0 fully saturated rings. The van der Waals surface area contributed by atoms with Crippen molar-refractivity contribution in [3.05, 3.63) is 40.9 Å². The predicted molar refractivity (Wildman–Crippen MR) is 87.1 cm³/mol. The summed E-state index contributed by atoms with van der Waals surface area (Å²) in [6.07, 6.45) is 0.484. The van der Waals surface area contributed by atoms with Crippen LogP contribution >= 0.6 is 23.1 Å². The van der Waals surface area contributed by atoms with Gasteiger partial charge in [-0.05, 0) is 11.1 Å². The molecule has 6 nitrogen and oxygen atoms in total. The third-order valence-corrected chi connectivity index (χ3v) is 5.55. The molecule has 1 aromatic heterocycles. The number of hydrogen-bond acceptors (Lipinski definition) is 7. The van der Waals surface area contributed by atoms with Crippen molar-refractivity contribution in [2.75, 3.05) is 12.9 Å². The van der Waals surface area contributed by atoms with Crippen LogP contribution in [0, 0.1) is 0 Å². The number of benzene rings is 1. The molecular formula is C15H15N3O3S2. The Balaban J connectivity index is 1.77. The molecule has 0 radical (unpaired) electrons. The highest BCUT2D eigenvalue weighted by atomic mass is 32.2. The Morgan fingerprint density at radius 1 is 1.39 bits per heavy atom. The minimum absolute atomic E-state index is 0.102. The van der Waals surface area contributed by atoms with Crippen LogP contribution in [0.15, 0.2) is 34.1 Å². The molecule has 0 spiro atoms. The lowest BCUT2D eigenvalue weighted by Crippen LogP contribution is -2.49. The molecule has 8 heteroatoms. The van der Waals surface area contributed by atoms with Gasteiger partial charge in [-0.1, -0.05) is 47.4 Å². The maximum Gasteiger partial charge on any atom is 0.328 e. The van der Waals surface area contributed by atoms with Crippen molar-refractivity contribution in [1.82, 2.24) is 15.1 Å². The van der Waals surface area contributed by atoms with Crippen molar-refractivity contribution >= 4 is 35.0 Å². The highest BCUT2D eigenvalue weighted by molar-refractivity contribution is 8.01. The second kappa shape index (κ2) is 7.10. The lowest BCUT2D eigenvalue weighted by Gasteiger charge is -2.35. The highest BCUT2D eigenvalue weighted by Crippen LogP contribution is 2.26. The lowest BCUT2D eigenvalue weighted by molar-refractivity contribution is -0.153. The standard InChI is InChI=1S/C15H15N3O3S2/c1-21-14(20)12-6-10-4-2-3-5-11(10)7-18(12)13(19)8-22-15-17-16-9-23-15/h2-5,9,12H,6-8H2,1H3/t12-/m1/s1. The minimum Gasteiger partial charge on any atom is -0.467 e. The van der Waals surface area contributed by atoms with Gasteiger partial charge < -0.3 is 9.64 Å². The number of methoxy groups -OCH3 is 1. The van der Waals surface area contributed by atoms with Gasteiger partial charge in [0.1, 0.15) is 11.6 Å². The van der Waals surface area contributed by atoms with E-state index in [9.17, 15) is 9.59 Å². The molecule has 1 atom stereocenters. The molecule has 1 aliphatic rings. The van der Waals surface area contributed by atoms with E-state index >= 15 is 0 Å². The fraction of sp³-hybridized carbons (Fsp3) is 0.333. The summed E-state index contributed by atoms with van der Waals surface area (Å²) in [5.41, 5.74) is 3.78. The Bertz CT molecular complexity index is 706. The third kappa shape index (κ3) is 3.53. The largest absolute Gasteiger partial charge is 0.467 e. The SMILES string of the molecule is COC(=O)[C@H]1Cc2ccccc2CN1C(=O)CSc1nncs1. The van der Waals surface area contributed by atoms with Crippen molar-refractivity contribution in [1.29, 1.82) is 0 Å². The Labute approximate surface area is 141 Å². The molecule has 0 saturated heterocycles. The highest BCUT2D eigenvalue weighted by Gasteiger charge is 2.35. The van der Waals surface area contributed by atoms with Gasteiger partial charge in [0.2, 0.25) is 5.91 Å². The quantitative estimate of drug-likeness (QED) is 0.619. The molecule has 0 aliphatic carbocycles. The molecule has 3 rings (SSSR count). The maximum atomic E-state index is 12.6. The summed E-state index contributed by atoms with van der Waals surface area (Å²) in [6, 6.07) is 7.29. The number of thioether (sulfide) groups is 1. The van der Waals surface area contributed by atoms with Crippen LogP contribution in [0.2, 0.25) is 0 Å². The van der Waals surface area contributed by atoms with E-state index in [0.717, 1.165) is 15.5 Å². The van der Waals surface area contributed by atoms with E-state index < -0.39 is 6.04 Å². The topological polar surface area (TPSA) is 72.4 Å². The number of carbonyl (C=O) groups excluding carboxylic acids is 2. The zero-order valence-electron chi connectivity index (χ0n) is 12.5. The number of nitrogens with zero attached hydrogens (tertiary/aromatic N) is 3. The first-order valence-corrected chi connectivity index (χ1v) is 8.88. The molecule has 1 aliphatic heterocycles. The van der Waals surface area contributed by atoms with Gasteiger partial charge in [-0.3, -0.25) is 4.79 Å². The maximum absolute atomic E-state index is 12.6.